The Morgan fingerprint density at radius 2 is 1.77 bits per heavy atom. The third kappa shape index (κ3) is 4.86. The maximum absolute atomic E-state index is 13.2. The monoisotopic (exact) mass is 535 g/mol. The van der Waals surface area contributed by atoms with E-state index in [-0.39, 0.29) is 0 Å². The lowest BCUT2D eigenvalue weighted by atomic mass is 9.86. The van der Waals surface area contributed by atoms with Gasteiger partial charge in [0.15, 0.2) is 5.82 Å². The molecule has 7 heterocycles. The van der Waals surface area contributed by atoms with E-state index in [1.54, 1.807) is 4.57 Å². The summed E-state index contributed by atoms with van der Waals surface area (Å²) in [5, 5.41) is 7.33. The van der Waals surface area contributed by atoms with Gasteiger partial charge in [0.25, 0.3) is 0 Å². The highest BCUT2D eigenvalue weighted by molar-refractivity contribution is 5.57. The average molecular weight is 536 g/mol. The molecule has 3 saturated heterocycles. The largest absolute Gasteiger partial charge is 0.353 e. The summed E-state index contributed by atoms with van der Waals surface area (Å²) in [5.41, 5.74) is 6.96. The molecule has 2 atom stereocenters. The van der Waals surface area contributed by atoms with Gasteiger partial charge < -0.3 is 9.47 Å². The van der Waals surface area contributed by atoms with Gasteiger partial charge in [-0.25, -0.2) is 19.9 Å². The minimum absolute atomic E-state index is 0.472. The predicted octanol–water partition coefficient (Wildman–Crippen LogP) is 4.26. The molecule has 0 aliphatic carbocycles. The Kier molecular flexibility index (Phi) is 6.11. The van der Waals surface area contributed by atoms with Gasteiger partial charge in [-0.15, -0.1) is 0 Å². The molecule has 0 radical (unpaired) electrons. The van der Waals surface area contributed by atoms with Crippen molar-refractivity contribution in [3.63, 3.8) is 0 Å². The van der Waals surface area contributed by atoms with Crippen LogP contribution in [0.3, 0.4) is 0 Å². The summed E-state index contributed by atoms with van der Waals surface area (Å²) in [7, 11) is 0. The number of rotatable bonds is 7. The Labute approximate surface area is 231 Å². The number of piperidine rings is 1. The Morgan fingerprint density at radius 1 is 0.950 bits per heavy atom. The van der Waals surface area contributed by atoms with Crippen molar-refractivity contribution in [2.75, 3.05) is 18.0 Å². The minimum atomic E-state index is -0.472. The normalized spacial score (nSPS) is 18.6. The number of benzene rings is 1. The van der Waals surface area contributed by atoms with Gasteiger partial charge in [-0.05, 0) is 62.2 Å². The summed E-state index contributed by atoms with van der Waals surface area (Å²) in [6.45, 7) is 6.83. The van der Waals surface area contributed by atoms with Crippen molar-refractivity contribution in [3.8, 4) is 17.1 Å². The van der Waals surface area contributed by atoms with Crippen LogP contribution in [-0.2, 0) is 13.0 Å². The molecule has 9 nitrogen and oxygen atoms in total. The van der Waals surface area contributed by atoms with Gasteiger partial charge in [-0.2, -0.15) is 9.49 Å². The molecule has 3 fully saturated rings. The van der Waals surface area contributed by atoms with E-state index in [0.717, 1.165) is 59.5 Å². The molecule has 10 heteroatoms. The number of hydrogen-bond acceptors (Lipinski definition) is 7. The maximum Gasteiger partial charge on any atom is 0.231 e. The maximum atomic E-state index is 13.2. The number of hydrogen-bond donors (Lipinski definition) is 1. The van der Waals surface area contributed by atoms with Crippen molar-refractivity contribution in [1.29, 1.82) is 0 Å². The SMILES string of the molecule is Cc1cc(Cc2cc(C)[nH]n2)nc(-c2ccc(N3CC4CC(C3)N4Cc3ccc(-n4cnc(F)c4)cc3)nc2)n1. The van der Waals surface area contributed by atoms with Crippen LogP contribution in [0.25, 0.3) is 17.1 Å². The van der Waals surface area contributed by atoms with E-state index >= 15 is 0 Å². The molecule has 2 unspecified atom stereocenters. The van der Waals surface area contributed by atoms with Gasteiger partial charge in [0.05, 0.1) is 17.6 Å². The molecule has 8 rings (SSSR count). The Bertz CT molecular complexity index is 1630. The molecule has 5 aromatic rings. The number of anilines is 1. The molecule has 40 heavy (non-hydrogen) atoms. The molecule has 2 bridgehead atoms. The highest BCUT2D eigenvalue weighted by atomic mass is 19.1. The van der Waals surface area contributed by atoms with Crippen LogP contribution in [0, 0.1) is 19.8 Å². The van der Waals surface area contributed by atoms with Gasteiger partial charge in [0.1, 0.15) is 12.1 Å². The van der Waals surface area contributed by atoms with E-state index < -0.39 is 5.95 Å². The first kappa shape index (κ1) is 24.6. The molecule has 202 valence electrons. The Balaban J connectivity index is 0.991. The van der Waals surface area contributed by atoms with Crippen molar-refractivity contribution in [2.24, 2.45) is 0 Å². The molecular weight excluding hydrogens is 505 g/mol. The lowest BCUT2D eigenvalue weighted by Crippen LogP contribution is -2.68. The summed E-state index contributed by atoms with van der Waals surface area (Å²) in [6.07, 6.45) is 6.65. The third-order valence-corrected chi connectivity index (χ3v) is 7.85. The standard InChI is InChI=1S/C30H30FN9/c1-19-9-23(11-24-10-20(2)36-37-24)35-30(34-19)22-5-8-29(32-13-22)38-15-26-12-27(16-38)40(26)14-21-3-6-25(7-4-21)39-17-28(31)33-18-39/h3-10,13,17-18,26-27H,11-12,14-16H2,1-2H3,(H,36,37). The number of aromatic nitrogens is 7. The van der Waals surface area contributed by atoms with E-state index in [4.69, 9.17) is 9.97 Å². The number of fused-ring (bicyclic) bond motifs is 2. The molecule has 1 aromatic carbocycles. The number of nitrogens with one attached hydrogen (secondary N) is 1. The summed E-state index contributed by atoms with van der Waals surface area (Å²) < 4.78 is 14.9. The van der Waals surface area contributed by atoms with Crippen LogP contribution < -0.4 is 4.90 Å². The Morgan fingerprint density at radius 3 is 2.45 bits per heavy atom. The molecule has 3 aliphatic rings. The topological polar surface area (TPSA) is 91.7 Å². The number of imidazole rings is 1. The van der Waals surface area contributed by atoms with Crippen LogP contribution in [0.2, 0.25) is 0 Å². The highest BCUT2D eigenvalue weighted by Crippen LogP contribution is 2.35. The molecule has 0 amide bonds. The summed E-state index contributed by atoms with van der Waals surface area (Å²) >= 11 is 0. The van der Waals surface area contributed by atoms with E-state index in [1.165, 1.54) is 24.5 Å². The fourth-order valence-electron chi connectivity index (χ4n) is 5.87. The number of nitrogens with zero attached hydrogens (tertiary/aromatic N) is 8. The van der Waals surface area contributed by atoms with Crippen LogP contribution >= 0.6 is 0 Å². The van der Waals surface area contributed by atoms with Crippen molar-refractivity contribution in [1.82, 2.24) is 39.6 Å². The average Bonchev–Trinajstić information content (AvgIpc) is 3.59. The summed E-state index contributed by atoms with van der Waals surface area (Å²) in [6, 6.07) is 17.5. The van der Waals surface area contributed by atoms with Crippen LogP contribution in [-0.4, -0.2) is 64.8 Å². The first-order valence-corrected chi connectivity index (χ1v) is 13.6. The van der Waals surface area contributed by atoms with E-state index in [2.05, 4.69) is 54.2 Å². The van der Waals surface area contributed by atoms with Crippen LogP contribution in [0.4, 0.5) is 10.2 Å². The number of pyridine rings is 1. The number of aromatic amines is 1. The second kappa shape index (κ2) is 9.95. The lowest BCUT2D eigenvalue weighted by Gasteiger charge is -2.56. The quantitative estimate of drug-likeness (QED) is 0.333. The molecular formula is C30H30FN9. The zero-order valence-corrected chi connectivity index (χ0v) is 22.5. The van der Waals surface area contributed by atoms with Crippen molar-refractivity contribution < 1.29 is 4.39 Å². The van der Waals surface area contributed by atoms with Crippen molar-refractivity contribution in [3.05, 3.63) is 102 Å². The second-order valence-corrected chi connectivity index (χ2v) is 10.8. The molecule has 1 N–H and O–H groups in total. The van der Waals surface area contributed by atoms with E-state index in [9.17, 15) is 4.39 Å². The van der Waals surface area contributed by atoms with Gasteiger partial charge in [-0.1, -0.05) is 12.1 Å². The van der Waals surface area contributed by atoms with Gasteiger partial charge in [0.2, 0.25) is 5.95 Å². The van der Waals surface area contributed by atoms with Gasteiger partial charge in [-0.3, -0.25) is 10.00 Å². The number of piperazine rings is 1. The summed E-state index contributed by atoms with van der Waals surface area (Å²) in [4.78, 5) is 22.9. The predicted molar refractivity (Wildman–Crippen MR) is 150 cm³/mol. The first-order chi connectivity index (χ1) is 19.5. The van der Waals surface area contributed by atoms with Gasteiger partial charge >= 0.3 is 0 Å². The fourth-order valence-corrected chi connectivity index (χ4v) is 5.87. The lowest BCUT2D eigenvalue weighted by molar-refractivity contribution is -0.00867. The zero-order valence-electron chi connectivity index (χ0n) is 22.5. The molecule has 3 aliphatic heterocycles. The van der Waals surface area contributed by atoms with Gasteiger partial charge in [0, 0.05) is 67.0 Å². The first-order valence-electron chi connectivity index (χ1n) is 13.6. The summed E-state index contributed by atoms with van der Waals surface area (Å²) in [5.74, 6) is 1.22. The zero-order chi connectivity index (χ0) is 27.2. The second-order valence-electron chi connectivity index (χ2n) is 10.8. The van der Waals surface area contributed by atoms with Crippen molar-refractivity contribution in [2.45, 2.75) is 45.3 Å². The number of H-pyrrole nitrogens is 1. The van der Waals surface area contributed by atoms with Crippen LogP contribution in [0.1, 0.15) is 34.8 Å². The molecule has 0 spiro atoms. The van der Waals surface area contributed by atoms with Crippen LogP contribution in [0.5, 0.6) is 0 Å². The smallest absolute Gasteiger partial charge is 0.231 e. The minimum Gasteiger partial charge on any atom is -0.353 e. The van der Waals surface area contributed by atoms with E-state index in [1.807, 2.05) is 44.3 Å². The van der Waals surface area contributed by atoms with Crippen LogP contribution in [0.15, 0.2) is 67.3 Å². The Hall–Kier alpha value is -4.44. The third-order valence-electron chi connectivity index (χ3n) is 7.85. The highest BCUT2D eigenvalue weighted by Gasteiger charge is 2.44. The van der Waals surface area contributed by atoms with E-state index in [0.29, 0.717) is 24.3 Å². The van der Waals surface area contributed by atoms with Crippen molar-refractivity contribution >= 4 is 5.82 Å². The number of aryl methyl sites for hydroxylation is 2. The number of halogens is 1. The fraction of sp³-hybridized carbons (Fsp3) is 0.300. The molecule has 4 aromatic heterocycles. The molecule has 0 saturated carbocycles.